The summed E-state index contributed by atoms with van der Waals surface area (Å²) in [4.78, 5) is 11.1. The van der Waals surface area contributed by atoms with Gasteiger partial charge in [-0.1, -0.05) is 60.7 Å². The lowest BCUT2D eigenvalue weighted by atomic mass is 10.1. The molecular formula is C25H23NO5S. The smallest absolute Gasteiger partial charge is 0.303 e. The van der Waals surface area contributed by atoms with E-state index in [1.54, 1.807) is 30.3 Å². The van der Waals surface area contributed by atoms with E-state index < -0.39 is 16.0 Å². The maximum absolute atomic E-state index is 13.5. The van der Waals surface area contributed by atoms with E-state index in [-0.39, 0.29) is 24.4 Å². The van der Waals surface area contributed by atoms with Crippen molar-refractivity contribution in [2.24, 2.45) is 0 Å². The Bertz CT molecular complexity index is 1300. The topological polar surface area (TPSA) is 87.8 Å². The maximum atomic E-state index is 13.5. The molecule has 32 heavy (non-hydrogen) atoms. The fourth-order valence-electron chi connectivity index (χ4n) is 3.59. The molecule has 0 radical (unpaired) electrons. The van der Waals surface area contributed by atoms with Gasteiger partial charge in [0.25, 0.3) is 0 Å². The third-order valence-electron chi connectivity index (χ3n) is 5.17. The fraction of sp³-hybridized carbons (Fsp3) is 0.160. The van der Waals surface area contributed by atoms with Crippen molar-refractivity contribution in [3.8, 4) is 0 Å². The average molecular weight is 450 g/mol. The maximum Gasteiger partial charge on any atom is 0.303 e. The quantitative estimate of drug-likeness (QED) is 0.395. The number of nitrogens with zero attached hydrogens (tertiary/aromatic N) is 1. The normalized spacial score (nSPS) is 11.8. The minimum atomic E-state index is -3.79. The number of hydrogen-bond donors (Lipinski definition) is 1. The predicted molar refractivity (Wildman–Crippen MR) is 121 cm³/mol. The minimum absolute atomic E-state index is 0.0223. The van der Waals surface area contributed by atoms with Crippen LogP contribution < -0.4 is 0 Å². The third kappa shape index (κ3) is 5.07. The second-order valence-corrected chi connectivity index (χ2v) is 9.49. The Kier molecular flexibility index (Phi) is 6.39. The molecule has 0 aliphatic heterocycles. The van der Waals surface area contributed by atoms with Gasteiger partial charge in [0, 0.05) is 18.4 Å². The van der Waals surface area contributed by atoms with Gasteiger partial charge in [0.2, 0.25) is 10.0 Å². The van der Waals surface area contributed by atoms with Crippen molar-refractivity contribution in [3.05, 3.63) is 102 Å². The number of aliphatic carboxylic acids is 1. The molecule has 0 amide bonds. The number of furan rings is 1. The van der Waals surface area contributed by atoms with Crippen LogP contribution >= 0.6 is 0 Å². The van der Waals surface area contributed by atoms with Gasteiger partial charge in [-0.25, -0.2) is 8.42 Å². The number of rotatable bonds is 9. The molecule has 0 aliphatic carbocycles. The van der Waals surface area contributed by atoms with Gasteiger partial charge in [-0.3, -0.25) is 4.79 Å². The zero-order valence-corrected chi connectivity index (χ0v) is 18.2. The minimum Gasteiger partial charge on any atom is -0.481 e. The van der Waals surface area contributed by atoms with Gasteiger partial charge < -0.3 is 9.52 Å². The van der Waals surface area contributed by atoms with Crippen LogP contribution in [0.4, 0.5) is 0 Å². The number of carboxylic acid groups (broad SMARTS) is 1. The fourth-order valence-corrected chi connectivity index (χ4v) is 5.01. The average Bonchev–Trinajstić information content (AvgIpc) is 3.21. The van der Waals surface area contributed by atoms with E-state index in [9.17, 15) is 13.2 Å². The molecule has 1 heterocycles. The molecule has 0 unspecified atom stereocenters. The molecule has 0 aliphatic rings. The summed E-state index contributed by atoms with van der Waals surface area (Å²) in [5.74, 6) is -0.318. The Labute approximate surface area is 186 Å². The number of aryl methyl sites for hydroxylation is 1. The van der Waals surface area contributed by atoms with Crippen molar-refractivity contribution in [2.45, 2.75) is 30.8 Å². The molecule has 0 bridgehead atoms. The summed E-state index contributed by atoms with van der Waals surface area (Å²) < 4.78 is 34.2. The van der Waals surface area contributed by atoms with E-state index in [0.717, 1.165) is 16.5 Å². The van der Waals surface area contributed by atoms with Crippen molar-refractivity contribution in [2.75, 3.05) is 0 Å². The summed E-state index contributed by atoms with van der Waals surface area (Å²) in [5.41, 5.74) is 2.34. The Balaban J connectivity index is 1.66. The summed E-state index contributed by atoms with van der Waals surface area (Å²) in [6, 6.07) is 25.1. The summed E-state index contributed by atoms with van der Waals surface area (Å²) in [6.07, 6.45) is 0.409. The molecule has 4 rings (SSSR count). The Morgan fingerprint density at radius 3 is 2.31 bits per heavy atom. The first-order valence-electron chi connectivity index (χ1n) is 10.2. The van der Waals surface area contributed by atoms with E-state index in [2.05, 4.69) is 0 Å². The molecule has 164 valence electrons. The van der Waals surface area contributed by atoms with Crippen LogP contribution in [0.2, 0.25) is 0 Å². The second-order valence-electron chi connectivity index (χ2n) is 7.55. The van der Waals surface area contributed by atoms with Gasteiger partial charge >= 0.3 is 5.97 Å². The number of sulfonamides is 1. The van der Waals surface area contributed by atoms with Crippen molar-refractivity contribution < 1.29 is 22.7 Å². The van der Waals surface area contributed by atoms with Crippen LogP contribution in [0.15, 0.2) is 94.2 Å². The summed E-state index contributed by atoms with van der Waals surface area (Å²) in [5, 5.41) is 9.86. The molecule has 1 N–H and O–H groups in total. The number of hydrogen-bond acceptors (Lipinski definition) is 4. The van der Waals surface area contributed by atoms with Gasteiger partial charge in [0.05, 0.1) is 11.4 Å². The van der Waals surface area contributed by atoms with Crippen LogP contribution in [0, 0.1) is 0 Å². The molecule has 0 saturated heterocycles. The van der Waals surface area contributed by atoms with Crippen molar-refractivity contribution >= 4 is 27.0 Å². The Morgan fingerprint density at radius 1 is 0.844 bits per heavy atom. The SMILES string of the molecule is O=C(O)CCc1cccc(CN(Cc2cc3ccccc3o2)S(=O)(=O)c2ccccc2)c1. The van der Waals surface area contributed by atoms with Crippen LogP contribution in [0.5, 0.6) is 0 Å². The number of benzene rings is 3. The lowest BCUT2D eigenvalue weighted by molar-refractivity contribution is -0.136. The highest BCUT2D eigenvalue weighted by atomic mass is 32.2. The highest BCUT2D eigenvalue weighted by molar-refractivity contribution is 7.89. The van der Waals surface area contributed by atoms with Crippen LogP contribution in [0.3, 0.4) is 0 Å². The molecular weight excluding hydrogens is 426 g/mol. The van der Waals surface area contributed by atoms with Crippen molar-refractivity contribution in [1.29, 1.82) is 0 Å². The highest BCUT2D eigenvalue weighted by Gasteiger charge is 2.26. The predicted octanol–water partition coefficient (Wildman–Crippen LogP) is 4.84. The van der Waals surface area contributed by atoms with Crippen LogP contribution in [0.1, 0.15) is 23.3 Å². The third-order valence-corrected chi connectivity index (χ3v) is 6.97. The zero-order valence-electron chi connectivity index (χ0n) is 17.3. The monoisotopic (exact) mass is 449 g/mol. The number of carboxylic acids is 1. The number of carbonyl (C=O) groups is 1. The molecule has 7 heteroatoms. The zero-order chi connectivity index (χ0) is 22.6. The molecule has 1 aromatic heterocycles. The van der Waals surface area contributed by atoms with E-state index in [4.69, 9.17) is 9.52 Å². The Hall–Kier alpha value is -3.42. The first-order chi connectivity index (χ1) is 15.4. The lowest BCUT2D eigenvalue weighted by Crippen LogP contribution is -2.30. The first kappa shape index (κ1) is 21.8. The van der Waals surface area contributed by atoms with E-state index in [1.165, 1.54) is 4.31 Å². The van der Waals surface area contributed by atoms with Gasteiger partial charge in [0.1, 0.15) is 11.3 Å². The molecule has 0 spiro atoms. The number of fused-ring (bicyclic) bond motifs is 1. The van der Waals surface area contributed by atoms with Gasteiger partial charge in [-0.2, -0.15) is 4.31 Å². The van der Waals surface area contributed by atoms with Gasteiger partial charge in [0.15, 0.2) is 0 Å². The molecule has 6 nitrogen and oxygen atoms in total. The first-order valence-corrected chi connectivity index (χ1v) is 11.7. The molecule has 0 saturated carbocycles. The number of para-hydroxylation sites is 1. The summed E-state index contributed by atoms with van der Waals surface area (Å²) in [7, 11) is -3.79. The van der Waals surface area contributed by atoms with Crippen molar-refractivity contribution in [3.63, 3.8) is 0 Å². The molecule has 4 aromatic rings. The Morgan fingerprint density at radius 2 is 1.56 bits per heavy atom. The van der Waals surface area contributed by atoms with Gasteiger partial charge in [-0.15, -0.1) is 0 Å². The van der Waals surface area contributed by atoms with E-state index in [0.29, 0.717) is 17.8 Å². The molecule has 0 atom stereocenters. The van der Waals surface area contributed by atoms with Gasteiger partial charge in [-0.05, 0) is 41.8 Å². The second kappa shape index (κ2) is 9.38. The summed E-state index contributed by atoms with van der Waals surface area (Å²) in [6.45, 7) is 0.209. The largest absolute Gasteiger partial charge is 0.481 e. The molecule has 3 aromatic carbocycles. The molecule has 0 fully saturated rings. The summed E-state index contributed by atoms with van der Waals surface area (Å²) >= 11 is 0. The van der Waals surface area contributed by atoms with Crippen LogP contribution in [-0.2, 0) is 34.3 Å². The van der Waals surface area contributed by atoms with E-state index >= 15 is 0 Å². The lowest BCUT2D eigenvalue weighted by Gasteiger charge is -2.22. The van der Waals surface area contributed by atoms with E-state index in [1.807, 2.05) is 54.6 Å². The standard InChI is InChI=1S/C25H23NO5S/c27-25(28)14-13-19-7-6-8-20(15-19)17-26(32(29,30)23-10-2-1-3-11-23)18-22-16-21-9-4-5-12-24(21)31-22/h1-12,15-16H,13-14,17-18H2,(H,27,28). The van der Waals surface area contributed by atoms with Crippen LogP contribution in [-0.4, -0.2) is 23.8 Å². The van der Waals surface area contributed by atoms with Crippen LogP contribution in [0.25, 0.3) is 11.0 Å². The van der Waals surface area contributed by atoms with Crippen molar-refractivity contribution in [1.82, 2.24) is 4.31 Å². The highest BCUT2D eigenvalue weighted by Crippen LogP contribution is 2.25.